The van der Waals surface area contributed by atoms with Crippen molar-refractivity contribution in [3.05, 3.63) is 65.5 Å². The number of carboxylic acid groups (broad SMARTS) is 1. The number of carboxylic acids is 1. The molecular formula is C18H17FN2O3. The Morgan fingerprint density at radius 2 is 2.00 bits per heavy atom. The minimum Gasteiger partial charge on any atom is -0.481 e. The molecular weight excluding hydrogens is 311 g/mol. The van der Waals surface area contributed by atoms with E-state index in [1.807, 2.05) is 24.3 Å². The minimum atomic E-state index is -0.972. The van der Waals surface area contributed by atoms with Gasteiger partial charge in [0.1, 0.15) is 5.82 Å². The van der Waals surface area contributed by atoms with Crippen molar-refractivity contribution in [3.63, 3.8) is 0 Å². The third kappa shape index (κ3) is 3.37. The van der Waals surface area contributed by atoms with Crippen LogP contribution in [-0.4, -0.2) is 28.6 Å². The van der Waals surface area contributed by atoms with Crippen LogP contribution in [0.2, 0.25) is 0 Å². The number of halogens is 1. The lowest BCUT2D eigenvalue weighted by Crippen LogP contribution is -2.43. The molecule has 1 aliphatic rings. The first-order valence-electron chi connectivity index (χ1n) is 7.67. The molecule has 2 aromatic rings. The maximum absolute atomic E-state index is 13.3. The maximum Gasteiger partial charge on any atom is 0.322 e. The van der Waals surface area contributed by atoms with Gasteiger partial charge in [-0.3, -0.25) is 4.79 Å². The van der Waals surface area contributed by atoms with E-state index < -0.39 is 23.9 Å². The van der Waals surface area contributed by atoms with Crippen molar-refractivity contribution in [2.75, 3.05) is 11.9 Å². The van der Waals surface area contributed by atoms with Crippen molar-refractivity contribution in [2.24, 2.45) is 0 Å². The molecule has 0 bridgehead atoms. The van der Waals surface area contributed by atoms with E-state index in [4.69, 9.17) is 0 Å². The van der Waals surface area contributed by atoms with E-state index in [9.17, 15) is 19.1 Å². The fourth-order valence-electron chi connectivity index (χ4n) is 3.04. The van der Waals surface area contributed by atoms with Gasteiger partial charge in [0.25, 0.3) is 0 Å². The molecule has 0 unspecified atom stereocenters. The molecule has 0 saturated carbocycles. The number of rotatable bonds is 3. The zero-order chi connectivity index (χ0) is 17.1. The highest BCUT2D eigenvalue weighted by Gasteiger charge is 2.32. The van der Waals surface area contributed by atoms with Crippen LogP contribution in [0, 0.1) is 5.82 Å². The smallest absolute Gasteiger partial charge is 0.322 e. The maximum atomic E-state index is 13.3. The Hall–Kier alpha value is -2.89. The monoisotopic (exact) mass is 328 g/mol. The first kappa shape index (κ1) is 16.0. The van der Waals surface area contributed by atoms with E-state index in [2.05, 4.69) is 5.32 Å². The molecule has 0 radical (unpaired) electrons. The highest BCUT2D eigenvalue weighted by Crippen LogP contribution is 2.32. The van der Waals surface area contributed by atoms with Crippen LogP contribution in [0.25, 0.3) is 0 Å². The summed E-state index contributed by atoms with van der Waals surface area (Å²) in [6, 6.07) is 12.2. The van der Waals surface area contributed by atoms with Gasteiger partial charge in [0.15, 0.2) is 0 Å². The van der Waals surface area contributed by atoms with Crippen LogP contribution in [0.1, 0.15) is 23.6 Å². The van der Waals surface area contributed by atoms with Crippen LogP contribution in [0.4, 0.5) is 14.9 Å². The Labute approximate surface area is 138 Å². The third-order valence-electron chi connectivity index (χ3n) is 4.12. The molecule has 0 fully saturated rings. The van der Waals surface area contributed by atoms with E-state index in [1.165, 1.54) is 23.1 Å². The number of hydrogen-bond acceptors (Lipinski definition) is 2. The number of nitrogens with one attached hydrogen (secondary N) is 1. The molecule has 1 atom stereocenters. The lowest BCUT2D eigenvalue weighted by Gasteiger charge is -2.36. The summed E-state index contributed by atoms with van der Waals surface area (Å²) in [7, 11) is 0. The van der Waals surface area contributed by atoms with Gasteiger partial charge in [0.05, 0.1) is 12.5 Å². The lowest BCUT2D eigenvalue weighted by atomic mass is 9.91. The molecule has 0 saturated heterocycles. The number of nitrogens with zero attached hydrogens (tertiary/aromatic N) is 1. The molecule has 1 heterocycles. The van der Waals surface area contributed by atoms with Gasteiger partial charge < -0.3 is 15.3 Å². The molecule has 0 spiro atoms. The molecule has 0 aliphatic carbocycles. The standard InChI is InChI=1S/C18H17FN2O3/c19-13-5-3-6-14(10-13)20-18(24)21-9-8-12-4-1-2-7-15(12)16(21)11-17(22)23/h1-7,10,16H,8-9,11H2,(H,20,24)(H,22,23)/t16-/m0/s1. The molecule has 0 aromatic heterocycles. The molecule has 3 rings (SSSR count). The average Bonchev–Trinajstić information content (AvgIpc) is 2.54. The number of carbonyl (C=O) groups excluding carboxylic acids is 1. The highest BCUT2D eigenvalue weighted by atomic mass is 19.1. The second kappa shape index (κ2) is 6.70. The van der Waals surface area contributed by atoms with Crippen LogP contribution in [0.15, 0.2) is 48.5 Å². The van der Waals surface area contributed by atoms with Gasteiger partial charge in [0, 0.05) is 12.2 Å². The summed E-state index contributed by atoms with van der Waals surface area (Å²) < 4.78 is 13.3. The van der Waals surface area contributed by atoms with Gasteiger partial charge in [-0.25, -0.2) is 9.18 Å². The Bertz CT molecular complexity index is 778. The third-order valence-corrected chi connectivity index (χ3v) is 4.12. The average molecular weight is 328 g/mol. The number of urea groups is 1. The largest absolute Gasteiger partial charge is 0.481 e. The van der Waals surface area contributed by atoms with Crippen molar-refractivity contribution < 1.29 is 19.1 Å². The van der Waals surface area contributed by atoms with Gasteiger partial charge in [-0.1, -0.05) is 30.3 Å². The number of carbonyl (C=O) groups is 2. The molecule has 2 aromatic carbocycles. The van der Waals surface area contributed by atoms with Crippen LogP contribution in [-0.2, 0) is 11.2 Å². The number of benzene rings is 2. The first-order chi connectivity index (χ1) is 11.5. The number of hydrogen-bond donors (Lipinski definition) is 2. The Balaban J connectivity index is 1.85. The fraction of sp³-hybridized carbons (Fsp3) is 0.222. The summed E-state index contributed by atoms with van der Waals surface area (Å²) >= 11 is 0. The second-order valence-electron chi connectivity index (χ2n) is 5.70. The minimum absolute atomic E-state index is 0.173. The quantitative estimate of drug-likeness (QED) is 0.907. The normalized spacial score (nSPS) is 16.4. The highest BCUT2D eigenvalue weighted by molar-refractivity contribution is 5.90. The first-order valence-corrected chi connectivity index (χ1v) is 7.67. The van der Waals surface area contributed by atoms with Gasteiger partial charge in [-0.15, -0.1) is 0 Å². The summed E-state index contributed by atoms with van der Waals surface area (Å²) in [5.41, 5.74) is 2.24. The van der Waals surface area contributed by atoms with Crippen molar-refractivity contribution >= 4 is 17.7 Å². The molecule has 124 valence electrons. The van der Waals surface area contributed by atoms with Crippen LogP contribution >= 0.6 is 0 Å². The van der Waals surface area contributed by atoms with Crippen molar-refractivity contribution in [1.29, 1.82) is 0 Å². The zero-order valence-electron chi connectivity index (χ0n) is 12.9. The van der Waals surface area contributed by atoms with Gasteiger partial charge in [-0.05, 0) is 35.7 Å². The van der Waals surface area contributed by atoms with E-state index in [1.54, 1.807) is 6.07 Å². The Kier molecular flexibility index (Phi) is 4.46. The van der Waals surface area contributed by atoms with E-state index >= 15 is 0 Å². The summed E-state index contributed by atoms with van der Waals surface area (Å²) in [5.74, 6) is -1.42. The van der Waals surface area contributed by atoms with Crippen LogP contribution < -0.4 is 5.32 Å². The molecule has 6 heteroatoms. The van der Waals surface area contributed by atoms with Gasteiger partial charge >= 0.3 is 12.0 Å². The fourth-order valence-corrected chi connectivity index (χ4v) is 3.04. The molecule has 5 nitrogen and oxygen atoms in total. The van der Waals surface area contributed by atoms with Crippen LogP contribution in [0.5, 0.6) is 0 Å². The second-order valence-corrected chi connectivity index (χ2v) is 5.70. The van der Waals surface area contributed by atoms with Gasteiger partial charge in [-0.2, -0.15) is 0 Å². The van der Waals surface area contributed by atoms with E-state index in [0.717, 1.165) is 11.1 Å². The Morgan fingerprint density at radius 1 is 1.21 bits per heavy atom. The number of amides is 2. The topological polar surface area (TPSA) is 69.6 Å². The number of fused-ring (bicyclic) bond motifs is 1. The Morgan fingerprint density at radius 3 is 2.75 bits per heavy atom. The van der Waals surface area contributed by atoms with Crippen molar-refractivity contribution in [1.82, 2.24) is 4.90 Å². The van der Waals surface area contributed by atoms with E-state index in [0.29, 0.717) is 18.7 Å². The summed E-state index contributed by atoms with van der Waals surface area (Å²) in [6.45, 7) is 0.413. The molecule has 2 N–H and O–H groups in total. The zero-order valence-corrected chi connectivity index (χ0v) is 12.9. The molecule has 24 heavy (non-hydrogen) atoms. The molecule has 1 aliphatic heterocycles. The number of aliphatic carboxylic acids is 1. The van der Waals surface area contributed by atoms with E-state index in [-0.39, 0.29) is 6.42 Å². The van der Waals surface area contributed by atoms with Crippen molar-refractivity contribution in [2.45, 2.75) is 18.9 Å². The number of anilines is 1. The summed E-state index contributed by atoms with van der Waals surface area (Å²) in [4.78, 5) is 25.3. The van der Waals surface area contributed by atoms with Gasteiger partial charge in [0.2, 0.25) is 0 Å². The lowest BCUT2D eigenvalue weighted by molar-refractivity contribution is -0.138. The predicted molar refractivity (Wildman–Crippen MR) is 87.3 cm³/mol. The van der Waals surface area contributed by atoms with Crippen LogP contribution in [0.3, 0.4) is 0 Å². The SMILES string of the molecule is O=C(O)C[C@H]1c2ccccc2CCN1C(=O)Nc1cccc(F)c1. The summed E-state index contributed by atoms with van der Waals surface area (Å²) in [5, 5.41) is 11.8. The molecule has 2 amide bonds. The predicted octanol–water partition coefficient (Wildman–Crippen LogP) is 3.43. The van der Waals surface area contributed by atoms with Crippen molar-refractivity contribution in [3.8, 4) is 0 Å². The summed E-state index contributed by atoms with van der Waals surface area (Å²) in [6.07, 6.45) is 0.483.